The fraction of sp³-hybridized carbons (Fsp3) is 0.444. The minimum Gasteiger partial charge on any atom is -0.481 e. The van der Waals surface area contributed by atoms with E-state index in [0.717, 1.165) is 30.4 Å². The Bertz CT molecular complexity index is 1010. The van der Waals surface area contributed by atoms with Crippen LogP contribution < -0.4 is 5.32 Å². The van der Waals surface area contributed by atoms with Gasteiger partial charge in [0.1, 0.15) is 6.61 Å². The maximum absolute atomic E-state index is 13.0. The molecule has 0 aromatic heterocycles. The molecule has 2 aliphatic carbocycles. The number of hydrogen-bond donors (Lipinski definition) is 2. The molecule has 0 bridgehead atoms. The number of aliphatic carboxylic acids is 1. The van der Waals surface area contributed by atoms with E-state index in [-0.39, 0.29) is 36.8 Å². The van der Waals surface area contributed by atoms with Crippen LogP contribution in [0.25, 0.3) is 11.1 Å². The molecule has 7 heteroatoms. The van der Waals surface area contributed by atoms with Crippen molar-refractivity contribution in [3.63, 3.8) is 0 Å². The van der Waals surface area contributed by atoms with Crippen LogP contribution in [-0.2, 0) is 14.3 Å². The standard InChI is InChI=1S/C27H32N2O5/c1-29(16-8-15-25(30)31)26(32)22-13-6-7-14-24(22)28-27(33)34-17-23-20-11-4-2-9-18(20)19-10-3-5-12-21(19)23/h2-5,9-12,22-24H,6-8,13-17H2,1H3,(H,28,33)(H,30,31)/t22-,24+/m0/s1. The summed E-state index contributed by atoms with van der Waals surface area (Å²) >= 11 is 0. The maximum atomic E-state index is 13.0. The van der Waals surface area contributed by atoms with Gasteiger partial charge in [0.15, 0.2) is 0 Å². The lowest BCUT2D eigenvalue weighted by molar-refractivity contribution is -0.139. The number of hydrogen-bond acceptors (Lipinski definition) is 4. The number of carboxylic acid groups (broad SMARTS) is 1. The van der Waals surface area contributed by atoms with Crippen LogP contribution in [0, 0.1) is 5.92 Å². The lowest BCUT2D eigenvalue weighted by atomic mass is 9.83. The van der Waals surface area contributed by atoms with E-state index in [9.17, 15) is 14.4 Å². The minimum atomic E-state index is -0.867. The van der Waals surface area contributed by atoms with Gasteiger partial charge in [-0.1, -0.05) is 61.4 Å². The number of carbonyl (C=O) groups excluding carboxylic acids is 2. The number of amides is 2. The zero-order valence-corrected chi connectivity index (χ0v) is 19.5. The molecule has 0 saturated heterocycles. The highest BCUT2D eigenvalue weighted by molar-refractivity contribution is 5.81. The number of nitrogens with one attached hydrogen (secondary N) is 1. The van der Waals surface area contributed by atoms with E-state index in [1.54, 1.807) is 11.9 Å². The summed E-state index contributed by atoms with van der Waals surface area (Å²) in [5, 5.41) is 11.8. The first-order valence-electron chi connectivity index (χ1n) is 12.0. The Hall–Kier alpha value is -3.35. The van der Waals surface area contributed by atoms with Crippen molar-refractivity contribution in [3.8, 4) is 11.1 Å². The molecule has 180 valence electrons. The van der Waals surface area contributed by atoms with Crippen molar-refractivity contribution in [2.24, 2.45) is 5.92 Å². The number of alkyl carbamates (subject to hydrolysis) is 1. The summed E-state index contributed by atoms with van der Waals surface area (Å²) in [6, 6.07) is 16.1. The maximum Gasteiger partial charge on any atom is 0.407 e. The SMILES string of the molecule is CN(CCCC(=O)O)C(=O)[C@H]1CCCC[C@H]1NC(=O)OCC1c2ccccc2-c2ccccc21. The molecule has 7 nitrogen and oxygen atoms in total. The monoisotopic (exact) mass is 464 g/mol. The first kappa shape index (κ1) is 23.8. The predicted molar refractivity (Wildman–Crippen MR) is 128 cm³/mol. The van der Waals surface area contributed by atoms with Gasteiger partial charge in [0, 0.05) is 32.0 Å². The molecule has 1 saturated carbocycles. The third-order valence-electron chi connectivity index (χ3n) is 6.99. The van der Waals surface area contributed by atoms with E-state index < -0.39 is 12.1 Å². The largest absolute Gasteiger partial charge is 0.481 e. The van der Waals surface area contributed by atoms with Crippen LogP contribution in [0.5, 0.6) is 0 Å². The van der Waals surface area contributed by atoms with Crippen LogP contribution in [0.2, 0.25) is 0 Å². The van der Waals surface area contributed by atoms with Crippen molar-refractivity contribution in [1.82, 2.24) is 10.2 Å². The van der Waals surface area contributed by atoms with Crippen molar-refractivity contribution in [2.75, 3.05) is 20.2 Å². The van der Waals surface area contributed by atoms with Crippen LogP contribution in [0.4, 0.5) is 4.79 Å². The Balaban J connectivity index is 1.36. The molecule has 0 spiro atoms. The molecule has 2 aliphatic rings. The number of nitrogens with zero attached hydrogens (tertiary/aromatic N) is 1. The van der Waals surface area contributed by atoms with Crippen molar-refractivity contribution >= 4 is 18.0 Å². The number of rotatable bonds is 8. The molecular formula is C27H32N2O5. The minimum absolute atomic E-state index is 0.0118. The van der Waals surface area contributed by atoms with Gasteiger partial charge in [0.2, 0.25) is 5.91 Å². The summed E-state index contributed by atoms with van der Waals surface area (Å²) in [6.07, 6.45) is 3.25. The van der Waals surface area contributed by atoms with E-state index in [1.807, 2.05) is 24.3 Å². The van der Waals surface area contributed by atoms with E-state index in [0.29, 0.717) is 19.4 Å². The molecule has 2 amide bonds. The summed E-state index contributed by atoms with van der Waals surface area (Å²) in [5.41, 5.74) is 4.67. The zero-order chi connectivity index (χ0) is 24.1. The fourth-order valence-electron chi connectivity index (χ4n) is 5.25. The third kappa shape index (κ3) is 5.24. The van der Waals surface area contributed by atoms with Gasteiger partial charge in [-0.15, -0.1) is 0 Å². The van der Waals surface area contributed by atoms with Gasteiger partial charge in [0.25, 0.3) is 0 Å². The molecule has 4 rings (SSSR count). The second-order valence-corrected chi connectivity index (χ2v) is 9.22. The van der Waals surface area contributed by atoms with Gasteiger partial charge in [-0.2, -0.15) is 0 Å². The van der Waals surface area contributed by atoms with Gasteiger partial charge in [-0.25, -0.2) is 4.79 Å². The molecular weight excluding hydrogens is 432 g/mol. The average Bonchev–Trinajstić information content (AvgIpc) is 3.16. The molecule has 2 atom stereocenters. The van der Waals surface area contributed by atoms with Gasteiger partial charge >= 0.3 is 12.1 Å². The van der Waals surface area contributed by atoms with Crippen molar-refractivity contribution in [3.05, 3.63) is 59.7 Å². The average molecular weight is 465 g/mol. The smallest absolute Gasteiger partial charge is 0.407 e. The van der Waals surface area contributed by atoms with Crippen LogP contribution in [0.1, 0.15) is 55.6 Å². The number of ether oxygens (including phenoxy) is 1. The van der Waals surface area contributed by atoms with Gasteiger partial charge in [-0.3, -0.25) is 9.59 Å². The first-order valence-corrected chi connectivity index (χ1v) is 12.0. The highest BCUT2D eigenvalue weighted by atomic mass is 16.5. The highest BCUT2D eigenvalue weighted by Crippen LogP contribution is 2.44. The van der Waals surface area contributed by atoms with Crippen LogP contribution in [0.3, 0.4) is 0 Å². The summed E-state index contributed by atoms with van der Waals surface area (Å²) < 4.78 is 5.68. The normalized spacial score (nSPS) is 19.1. The number of carboxylic acids is 1. The van der Waals surface area contributed by atoms with Crippen LogP contribution in [0.15, 0.2) is 48.5 Å². The Labute approximate surface area is 200 Å². The summed E-state index contributed by atoms with van der Waals surface area (Å²) in [6.45, 7) is 0.625. The Morgan fingerprint density at radius 1 is 1.00 bits per heavy atom. The third-order valence-corrected chi connectivity index (χ3v) is 6.99. The molecule has 0 aliphatic heterocycles. The highest BCUT2D eigenvalue weighted by Gasteiger charge is 2.35. The fourth-order valence-corrected chi connectivity index (χ4v) is 5.25. The van der Waals surface area contributed by atoms with Crippen molar-refractivity contribution < 1.29 is 24.2 Å². The van der Waals surface area contributed by atoms with E-state index in [1.165, 1.54) is 11.1 Å². The second-order valence-electron chi connectivity index (χ2n) is 9.22. The van der Waals surface area contributed by atoms with Gasteiger partial charge < -0.3 is 20.1 Å². The lowest BCUT2D eigenvalue weighted by Gasteiger charge is -2.33. The molecule has 0 radical (unpaired) electrons. The topological polar surface area (TPSA) is 95.9 Å². The van der Waals surface area contributed by atoms with Gasteiger partial charge in [0.05, 0.1) is 5.92 Å². The summed E-state index contributed by atoms with van der Waals surface area (Å²) in [7, 11) is 1.70. The van der Waals surface area contributed by atoms with Gasteiger partial charge in [-0.05, 0) is 41.5 Å². The Morgan fingerprint density at radius 2 is 1.62 bits per heavy atom. The number of carbonyl (C=O) groups is 3. The molecule has 0 unspecified atom stereocenters. The summed E-state index contributed by atoms with van der Waals surface area (Å²) in [5.74, 6) is -1.24. The molecule has 1 fully saturated rings. The van der Waals surface area contributed by atoms with Crippen LogP contribution in [-0.4, -0.2) is 54.2 Å². The van der Waals surface area contributed by atoms with Crippen molar-refractivity contribution in [1.29, 1.82) is 0 Å². The lowest BCUT2D eigenvalue weighted by Crippen LogP contribution is -2.49. The van der Waals surface area contributed by atoms with E-state index in [4.69, 9.17) is 9.84 Å². The molecule has 2 aromatic carbocycles. The molecule has 0 heterocycles. The quantitative estimate of drug-likeness (QED) is 0.603. The Morgan fingerprint density at radius 3 is 2.26 bits per heavy atom. The molecule has 34 heavy (non-hydrogen) atoms. The second kappa shape index (κ2) is 10.7. The zero-order valence-electron chi connectivity index (χ0n) is 19.5. The number of benzene rings is 2. The predicted octanol–water partition coefficient (Wildman–Crippen LogP) is 4.41. The van der Waals surface area contributed by atoms with E-state index in [2.05, 4.69) is 29.6 Å². The Kier molecular flexibility index (Phi) is 7.50. The summed E-state index contributed by atoms with van der Waals surface area (Å²) in [4.78, 5) is 38.1. The molecule has 2 N–H and O–H groups in total. The first-order chi connectivity index (χ1) is 16.5. The van der Waals surface area contributed by atoms with E-state index >= 15 is 0 Å². The number of fused-ring (bicyclic) bond motifs is 3. The molecule has 2 aromatic rings. The van der Waals surface area contributed by atoms with Crippen molar-refractivity contribution in [2.45, 2.75) is 50.5 Å². The van der Waals surface area contributed by atoms with Crippen LogP contribution >= 0.6 is 0 Å².